The summed E-state index contributed by atoms with van der Waals surface area (Å²) in [4.78, 5) is 15.2. The van der Waals surface area contributed by atoms with E-state index in [0.717, 1.165) is 17.7 Å². The predicted molar refractivity (Wildman–Crippen MR) is 109 cm³/mol. The van der Waals surface area contributed by atoms with Crippen molar-refractivity contribution in [1.29, 1.82) is 0 Å². The number of nitro groups is 1. The summed E-state index contributed by atoms with van der Waals surface area (Å²) in [6.45, 7) is 0. The molecule has 4 rings (SSSR count). The highest BCUT2D eigenvalue weighted by atomic mass is 32.2. The standard InChI is InChI=1S/C19H16N4O6S/c1-28-17-7-14-15(8-18(17)29-2)21-22-10-11(9-20-19(14)22)13-5-4-12(30(3,26)27)6-16(13)23(24)25/h4-10H,1-3H3. The number of fused-ring (bicyclic) bond motifs is 3. The van der Waals surface area contributed by atoms with Gasteiger partial charge in [0.05, 0.1) is 40.5 Å². The molecule has 0 aliphatic carbocycles. The Morgan fingerprint density at radius 3 is 2.43 bits per heavy atom. The third-order valence-electron chi connectivity index (χ3n) is 4.67. The van der Waals surface area contributed by atoms with Crippen LogP contribution < -0.4 is 9.47 Å². The average Bonchev–Trinajstić information content (AvgIpc) is 3.07. The summed E-state index contributed by atoms with van der Waals surface area (Å²) in [6.07, 6.45) is 4.08. The first-order chi connectivity index (χ1) is 14.2. The van der Waals surface area contributed by atoms with Gasteiger partial charge in [-0.25, -0.2) is 17.9 Å². The second-order valence-electron chi connectivity index (χ2n) is 6.54. The fourth-order valence-electron chi connectivity index (χ4n) is 3.21. The van der Waals surface area contributed by atoms with Gasteiger partial charge in [-0.1, -0.05) is 0 Å². The van der Waals surface area contributed by atoms with Crippen LogP contribution >= 0.6 is 0 Å². The molecule has 0 amide bonds. The van der Waals surface area contributed by atoms with Gasteiger partial charge in [0.15, 0.2) is 27.0 Å². The Bertz CT molecular complexity index is 1430. The van der Waals surface area contributed by atoms with Crippen molar-refractivity contribution >= 4 is 32.1 Å². The lowest BCUT2D eigenvalue weighted by Gasteiger charge is -2.06. The number of hydrogen-bond acceptors (Lipinski definition) is 8. The largest absolute Gasteiger partial charge is 0.493 e. The van der Waals surface area contributed by atoms with Gasteiger partial charge in [-0.2, -0.15) is 5.10 Å². The minimum Gasteiger partial charge on any atom is -0.493 e. The van der Waals surface area contributed by atoms with Gasteiger partial charge in [0.25, 0.3) is 5.69 Å². The number of benzene rings is 2. The van der Waals surface area contributed by atoms with Crippen LogP contribution in [0.25, 0.3) is 27.7 Å². The second kappa shape index (κ2) is 6.95. The van der Waals surface area contributed by atoms with E-state index in [9.17, 15) is 18.5 Å². The molecule has 10 nitrogen and oxygen atoms in total. The molecule has 0 radical (unpaired) electrons. The number of methoxy groups -OCH3 is 2. The highest BCUT2D eigenvalue weighted by Crippen LogP contribution is 2.35. The summed E-state index contributed by atoms with van der Waals surface area (Å²) in [5, 5.41) is 16.8. The van der Waals surface area contributed by atoms with Crippen LogP contribution in [0.1, 0.15) is 0 Å². The van der Waals surface area contributed by atoms with Gasteiger partial charge in [0, 0.05) is 36.3 Å². The van der Waals surface area contributed by atoms with Gasteiger partial charge in [-0.15, -0.1) is 0 Å². The van der Waals surface area contributed by atoms with Crippen molar-refractivity contribution in [2.24, 2.45) is 0 Å². The molecule has 0 spiro atoms. The molecule has 0 aliphatic heterocycles. The normalized spacial score (nSPS) is 11.7. The van der Waals surface area contributed by atoms with E-state index in [1.807, 2.05) is 0 Å². The van der Waals surface area contributed by atoms with Gasteiger partial charge in [0.1, 0.15) is 0 Å². The molecule has 2 heterocycles. The van der Waals surface area contributed by atoms with E-state index in [1.165, 1.54) is 37.1 Å². The van der Waals surface area contributed by atoms with Crippen molar-refractivity contribution in [2.45, 2.75) is 4.90 Å². The summed E-state index contributed by atoms with van der Waals surface area (Å²) in [5.74, 6) is 1.04. The maximum absolute atomic E-state index is 11.8. The van der Waals surface area contributed by atoms with Crippen molar-refractivity contribution in [3.8, 4) is 22.6 Å². The van der Waals surface area contributed by atoms with Crippen molar-refractivity contribution in [2.75, 3.05) is 20.5 Å². The van der Waals surface area contributed by atoms with Crippen LogP contribution in [0.3, 0.4) is 0 Å². The van der Waals surface area contributed by atoms with Crippen LogP contribution in [0.4, 0.5) is 5.69 Å². The molecule has 0 saturated carbocycles. The number of ether oxygens (including phenoxy) is 2. The molecule has 2 aromatic heterocycles. The lowest BCUT2D eigenvalue weighted by molar-refractivity contribution is -0.384. The summed E-state index contributed by atoms with van der Waals surface area (Å²) >= 11 is 0. The molecule has 0 aliphatic rings. The molecule has 0 bridgehead atoms. The van der Waals surface area contributed by atoms with Gasteiger partial charge in [-0.05, 0) is 18.2 Å². The van der Waals surface area contributed by atoms with Crippen LogP contribution in [0.15, 0.2) is 47.6 Å². The van der Waals surface area contributed by atoms with E-state index in [2.05, 4.69) is 10.1 Å². The molecule has 0 N–H and O–H groups in total. The van der Waals surface area contributed by atoms with Crippen molar-refractivity contribution in [3.05, 3.63) is 52.8 Å². The first-order valence-electron chi connectivity index (χ1n) is 8.62. The lowest BCUT2D eigenvalue weighted by atomic mass is 10.1. The number of nitrogens with zero attached hydrogens (tertiary/aromatic N) is 4. The minimum absolute atomic E-state index is 0.129. The molecule has 0 saturated heterocycles. The number of rotatable bonds is 5. The fourth-order valence-corrected chi connectivity index (χ4v) is 3.85. The zero-order chi connectivity index (χ0) is 21.6. The summed E-state index contributed by atoms with van der Waals surface area (Å²) in [6, 6.07) is 7.24. The van der Waals surface area contributed by atoms with E-state index >= 15 is 0 Å². The topological polar surface area (TPSA) is 126 Å². The first kappa shape index (κ1) is 19.6. The summed E-state index contributed by atoms with van der Waals surface area (Å²) in [7, 11) is -0.533. The van der Waals surface area contributed by atoms with Crippen molar-refractivity contribution in [1.82, 2.24) is 14.6 Å². The second-order valence-corrected chi connectivity index (χ2v) is 8.56. The van der Waals surface area contributed by atoms with Crippen LogP contribution in [0.5, 0.6) is 11.5 Å². The Kier molecular flexibility index (Phi) is 4.54. The van der Waals surface area contributed by atoms with Crippen LogP contribution in [0, 0.1) is 10.1 Å². The van der Waals surface area contributed by atoms with E-state index in [1.54, 1.807) is 18.3 Å². The van der Waals surface area contributed by atoms with E-state index in [-0.39, 0.29) is 16.1 Å². The van der Waals surface area contributed by atoms with Gasteiger partial charge in [0.2, 0.25) is 0 Å². The molecule has 0 fully saturated rings. The maximum atomic E-state index is 11.8. The minimum atomic E-state index is -3.58. The molecule has 0 unspecified atom stereocenters. The molecular formula is C19H16N4O6S. The Morgan fingerprint density at radius 2 is 1.80 bits per heavy atom. The quantitative estimate of drug-likeness (QED) is 0.351. The first-order valence-corrected chi connectivity index (χ1v) is 10.5. The highest BCUT2D eigenvalue weighted by Gasteiger charge is 2.21. The monoisotopic (exact) mass is 428 g/mol. The maximum Gasteiger partial charge on any atom is 0.278 e. The van der Waals surface area contributed by atoms with Crippen molar-refractivity contribution < 1.29 is 22.8 Å². The smallest absolute Gasteiger partial charge is 0.278 e. The zero-order valence-corrected chi connectivity index (χ0v) is 17.0. The van der Waals surface area contributed by atoms with Gasteiger partial charge >= 0.3 is 0 Å². The molecule has 30 heavy (non-hydrogen) atoms. The molecule has 4 aromatic rings. The zero-order valence-electron chi connectivity index (χ0n) is 16.2. The third kappa shape index (κ3) is 3.18. The predicted octanol–water partition coefficient (Wildman–Crippen LogP) is 2.88. The highest BCUT2D eigenvalue weighted by molar-refractivity contribution is 7.90. The molecule has 11 heteroatoms. The Hall–Kier alpha value is -3.73. The third-order valence-corrected chi connectivity index (χ3v) is 5.78. The van der Waals surface area contributed by atoms with E-state index in [0.29, 0.717) is 28.2 Å². The summed E-state index contributed by atoms with van der Waals surface area (Å²) < 4.78 is 35.7. The number of aromatic nitrogens is 3. The van der Waals surface area contributed by atoms with Crippen LogP contribution in [-0.4, -0.2) is 48.4 Å². The van der Waals surface area contributed by atoms with E-state index in [4.69, 9.17) is 9.47 Å². The molecular weight excluding hydrogens is 412 g/mol. The van der Waals surface area contributed by atoms with E-state index < -0.39 is 14.8 Å². The fraction of sp³-hybridized carbons (Fsp3) is 0.158. The number of sulfone groups is 1. The van der Waals surface area contributed by atoms with Crippen LogP contribution in [-0.2, 0) is 9.84 Å². The SMILES string of the molecule is COc1cc2nn3cc(-c4ccc(S(C)(=O)=O)cc4[N+](=O)[O-])cnc3c2cc1OC. The van der Waals surface area contributed by atoms with Crippen molar-refractivity contribution in [3.63, 3.8) is 0 Å². The molecule has 0 atom stereocenters. The lowest BCUT2D eigenvalue weighted by Crippen LogP contribution is -2.01. The molecule has 2 aromatic carbocycles. The average molecular weight is 428 g/mol. The molecule has 154 valence electrons. The Labute approximate surface area is 170 Å². The summed E-state index contributed by atoms with van der Waals surface area (Å²) in [5.41, 5.74) is 1.46. The number of nitro benzene ring substituents is 1. The van der Waals surface area contributed by atoms with Gasteiger partial charge in [-0.3, -0.25) is 10.1 Å². The number of hydrogen-bond donors (Lipinski definition) is 0. The Balaban J connectivity index is 1.92. The van der Waals surface area contributed by atoms with Crippen LogP contribution in [0.2, 0.25) is 0 Å². The van der Waals surface area contributed by atoms with Gasteiger partial charge < -0.3 is 9.47 Å². The Morgan fingerprint density at radius 1 is 1.10 bits per heavy atom.